The lowest BCUT2D eigenvalue weighted by atomic mass is 10.0. The van der Waals surface area contributed by atoms with Crippen molar-refractivity contribution in [1.29, 1.82) is 0 Å². The third-order valence-electron chi connectivity index (χ3n) is 2.59. The molecule has 0 radical (unpaired) electrons. The molecule has 102 valence electrons. The van der Waals surface area contributed by atoms with Crippen molar-refractivity contribution >= 4 is 32.7 Å². The smallest absolute Gasteiger partial charge is 0.302 e. The minimum Gasteiger partial charge on any atom is -0.466 e. The lowest BCUT2D eigenvalue weighted by Gasteiger charge is -2.03. The molecule has 0 N–H and O–H groups in total. The van der Waals surface area contributed by atoms with Crippen LogP contribution in [0.3, 0.4) is 0 Å². The van der Waals surface area contributed by atoms with Crippen molar-refractivity contribution in [1.82, 2.24) is 0 Å². The molecule has 0 saturated heterocycles. The molecular weight excluding hydrogens is 304 g/mol. The Hall–Kier alpha value is -1.35. The topological polar surface area (TPSA) is 26.3 Å². The van der Waals surface area contributed by atoms with Gasteiger partial charge in [-0.05, 0) is 29.7 Å². The maximum atomic E-state index is 9.82. The summed E-state index contributed by atoms with van der Waals surface area (Å²) >= 11 is 3.47. The molecule has 0 unspecified atom stereocenters. The van der Waals surface area contributed by atoms with Crippen molar-refractivity contribution in [3.63, 3.8) is 0 Å². The average molecular weight is 323 g/mol. The summed E-state index contributed by atoms with van der Waals surface area (Å²) < 4.78 is 4.40. The number of hydrogen-bond acceptors (Lipinski definition) is 2. The number of alkyl halides is 1. The summed E-state index contributed by atoms with van der Waals surface area (Å²) in [5.74, 6) is -0.211. The molecule has 2 aromatic carbocycles. The molecule has 0 aliphatic carbocycles. The number of benzene rings is 2. The Balaban J connectivity index is 0.000000258. The molecule has 0 aliphatic heterocycles. The third kappa shape index (κ3) is 5.43. The molecule has 0 aromatic heterocycles. The van der Waals surface area contributed by atoms with Crippen molar-refractivity contribution < 1.29 is 9.53 Å². The number of hydrogen-bond donors (Lipinski definition) is 0. The Morgan fingerprint density at radius 1 is 1.16 bits per heavy atom. The van der Waals surface area contributed by atoms with Gasteiger partial charge in [-0.3, -0.25) is 4.79 Å². The van der Waals surface area contributed by atoms with Crippen LogP contribution in [0.25, 0.3) is 10.8 Å². The monoisotopic (exact) mass is 322 g/mol. The van der Waals surface area contributed by atoms with Gasteiger partial charge in [0.1, 0.15) is 0 Å². The summed E-state index contributed by atoms with van der Waals surface area (Å²) in [6.45, 7) is 3.65. The largest absolute Gasteiger partial charge is 0.466 e. The van der Waals surface area contributed by atoms with Crippen LogP contribution in [-0.4, -0.2) is 17.9 Å². The molecular formula is C16H19BrO2. The highest BCUT2D eigenvalue weighted by atomic mass is 79.9. The van der Waals surface area contributed by atoms with Gasteiger partial charge in [-0.25, -0.2) is 0 Å². The standard InChI is InChI=1S/C12H11Br.C4H8O2/c13-9-8-11-6-3-5-10-4-1-2-7-12(10)11;1-3-6-4(2)5/h1-7H,8-9H2;3H2,1-2H3. The number of aryl methyl sites for hydroxylation is 1. The van der Waals surface area contributed by atoms with E-state index in [9.17, 15) is 4.79 Å². The fourth-order valence-corrected chi connectivity index (χ4v) is 2.24. The van der Waals surface area contributed by atoms with E-state index in [1.807, 2.05) is 0 Å². The lowest BCUT2D eigenvalue weighted by Crippen LogP contribution is -1.95. The van der Waals surface area contributed by atoms with E-state index in [1.165, 1.54) is 23.3 Å². The molecule has 2 rings (SSSR count). The molecule has 0 atom stereocenters. The molecule has 0 bridgehead atoms. The SMILES string of the molecule is BrCCc1cccc2ccccc12.CCOC(C)=O. The van der Waals surface area contributed by atoms with E-state index >= 15 is 0 Å². The number of halogens is 1. The number of ether oxygens (including phenoxy) is 1. The summed E-state index contributed by atoms with van der Waals surface area (Å²) in [6, 6.07) is 15.0. The van der Waals surface area contributed by atoms with Gasteiger partial charge in [0.15, 0.2) is 0 Å². The Bertz CT molecular complexity index is 518. The number of carbonyl (C=O) groups is 1. The highest BCUT2D eigenvalue weighted by Crippen LogP contribution is 2.19. The molecule has 2 aromatic rings. The second kappa shape index (κ2) is 8.70. The van der Waals surface area contributed by atoms with E-state index in [-0.39, 0.29) is 5.97 Å². The van der Waals surface area contributed by atoms with Crippen molar-refractivity contribution in [2.75, 3.05) is 11.9 Å². The van der Waals surface area contributed by atoms with E-state index < -0.39 is 0 Å². The van der Waals surface area contributed by atoms with Crippen LogP contribution in [-0.2, 0) is 16.0 Å². The Kier molecular flexibility index (Phi) is 7.19. The van der Waals surface area contributed by atoms with Gasteiger partial charge in [0.05, 0.1) is 6.61 Å². The van der Waals surface area contributed by atoms with E-state index in [2.05, 4.69) is 63.1 Å². The number of rotatable bonds is 3. The first kappa shape index (κ1) is 15.7. The molecule has 0 fully saturated rings. The quantitative estimate of drug-likeness (QED) is 0.620. The van der Waals surface area contributed by atoms with Gasteiger partial charge in [-0.1, -0.05) is 58.4 Å². The van der Waals surface area contributed by atoms with Gasteiger partial charge in [0.25, 0.3) is 0 Å². The fourth-order valence-electron chi connectivity index (χ4n) is 1.82. The number of fused-ring (bicyclic) bond motifs is 1. The normalized spacial score (nSPS) is 9.63. The molecule has 2 nitrogen and oxygen atoms in total. The van der Waals surface area contributed by atoms with Crippen LogP contribution in [0.4, 0.5) is 0 Å². The van der Waals surface area contributed by atoms with E-state index in [0.717, 1.165) is 11.8 Å². The first-order chi connectivity index (χ1) is 9.19. The number of carbonyl (C=O) groups excluding carboxylic acids is 1. The summed E-state index contributed by atoms with van der Waals surface area (Å²) in [7, 11) is 0. The highest BCUT2D eigenvalue weighted by molar-refractivity contribution is 9.09. The first-order valence-electron chi connectivity index (χ1n) is 6.35. The van der Waals surface area contributed by atoms with Crippen LogP contribution < -0.4 is 0 Å². The van der Waals surface area contributed by atoms with E-state index in [1.54, 1.807) is 6.92 Å². The lowest BCUT2D eigenvalue weighted by molar-refractivity contribution is -0.140. The third-order valence-corrected chi connectivity index (χ3v) is 2.99. The average Bonchev–Trinajstić information content (AvgIpc) is 2.40. The summed E-state index contributed by atoms with van der Waals surface area (Å²) in [4.78, 5) is 9.82. The van der Waals surface area contributed by atoms with Crippen LogP contribution in [0, 0.1) is 0 Å². The van der Waals surface area contributed by atoms with Crippen LogP contribution in [0.2, 0.25) is 0 Å². The maximum absolute atomic E-state index is 9.82. The van der Waals surface area contributed by atoms with E-state index in [4.69, 9.17) is 0 Å². The summed E-state index contributed by atoms with van der Waals surface area (Å²) in [5, 5.41) is 3.74. The van der Waals surface area contributed by atoms with Crippen LogP contribution in [0.1, 0.15) is 19.4 Å². The van der Waals surface area contributed by atoms with Gasteiger partial charge in [0.2, 0.25) is 0 Å². The maximum Gasteiger partial charge on any atom is 0.302 e. The van der Waals surface area contributed by atoms with Crippen molar-refractivity contribution in [3.8, 4) is 0 Å². The first-order valence-corrected chi connectivity index (χ1v) is 7.47. The van der Waals surface area contributed by atoms with Crippen LogP contribution >= 0.6 is 15.9 Å². The van der Waals surface area contributed by atoms with Crippen LogP contribution in [0.5, 0.6) is 0 Å². The van der Waals surface area contributed by atoms with Crippen molar-refractivity contribution in [2.24, 2.45) is 0 Å². The Morgan fingerprint density at radius 3 is 2.42 bits per heavy atom. The van der Waals surface area contributed by atoms with Gasteiger partial charge >= 0.3 is 5.97 Å². The minimum absolute atomic E-state index is 0.211. The van der Waals surface area contributed by atoms with Crippen LogP contribution in [0.15, 0.2) is 42.5 Å². The molecule has 19 heavy (non-hydrogen) atoms. The highest BCUT2D eigenvalue weighted by Gasteiger charge is 1.97. The second-order valence-electron chi connectivity index (χ2n) is 4.00. The molecule has 0 spiro atoms. The van der Waals surface area contributed by atoms with Gasteiger partial charge in [-0.15, -0.1) is 0 Å². The van der Waals surface area contributed by atoms with Crippen molar-refractivity contribution in [3.05, 3.63) is 48.0 Å². The molecule has 3 heteroatoms. The minimum atomic E-state index is -0.211. The van der Waals surface area contributed by atoms with E-state index in [0.29, 0.717) is 6.61 Å². The summed E-state index contributed by atoms with van der Waals surface area (Å²) in [5.41, 5.74) is 1.43. The number of esters is 1. The Labute approximate surface area is 122 Å². The summed E-state index contributed by atoms with van der Waals surface area (Å²) in [6.07, 6.45) is 1.10. The zero-order valence-corrected chi connectivity index (χ0v) is 12.9. The molecule has 0 amide bonds. The molecule has 0 aliphatic rings. The molecule has 0 saturated carbocycles. The predicted molar refractivity (Wildman–Crippen MR) is 83.8 cm³/mol. The molecule has 0 heterocycles. The van der Waals surface area contributed by atoms with Gasteiger partial charge in [0, 0.05) is 12.3 Å². The fraction of sp³-hybridized carbons (Fsp3) is 0.312. The predicted octanol–water partition coefficient (Wildman–Crippen LogP) is 4.35. The van der Waals surface area contributed by atoms with Gasteiger partial charge < -0.3 is 4.74 Å². The van der Waals surface area contributed by atoms with Crippen molar-refractivity contribution in [2.45, 2.75) is 20.3 Å². The zero-order valence-electron chi connectivity index (χ0n) is 11.4. The second-order valence-corrected chi connectivity index (χ2v) is 4.79. The van der Waals surface area contributed by atoms with Gasteiger partial charge in [-0.2, -0.15) is 0 Å². The zero-order chi connectivity index (χ0) is 14.1. The Morgan fingerprint density at radius 2 is 1.84 bits per heavy atom.